The second-order valence-electron chi connectivity index (χ2n) is 14.9. The minimum absolute atomic E-state index is 0.0265. The van der Waals surface area contributed by atoms with Crippen LogP contribution in [0, 0.1) is 54.7 Å². The minimum Gasteiger partial charge on any atom is -0.481 e. The highest BCUT2D eigenvalue weighted by Crippen LogP contribution is 2.66. The molecule has 8 unspecified atom stereocenters. The van der Waals surface area contributed by atoms with E-state index in [4.69, 9.17) is 14.6 Å². The fourth-order valence-corrected chi connectivity index (χ4v) is 9.13. The molecule has 0 bridgehead atoms. The van der Waals surface area contributed by atoms with Gasteiger partial charge in [0.05, 0.1) is 25.7 Å². The molecule has 0 aromatic heterocycles. The number of Topliss-reactive ketones (excluding diaryl/α,β-unsaturated/α-hetero) is 1. The van der Waals surface area contributed by atoms with Crippen LogP contribution in [0.5, 0.6) is 0 Å². The Bertz CT molecular complexity index is 1450. The van der Waals surface area contributed by atoms with Crippen molar-refractivity contribution in [2.75, 3.05) is 19.8 Å². The minimum atomic E-state index is -1.77. The molecule has 0 aliphatic heterocycles. The normalized spacial score (nSPS) is 28.6. The van der Waals surface area contributed by atoms with Crippen molar-refractivity contribution in [2.24, 2.45) is 34.5 Å². The number of carbonyl (C=O) groups excluding carboxylic acids is 4. The lowest BCUT2D eigenvalue weighted by molar-refractivity contribution is -0.757. The standard InChI is InChI=1S/C31H43NO12.C4H7NO5/c1-30-12-11-19(33)14-18(30)7-8-20-21-9-10-22(31(21,2)16-23(34)28(20)30)24(35)17-42-27(37)15-25(29(38)39)44-26(36)6-4-3-5-13-43-32(40)41;6-4(7)2-1-3-10-5(8)9/h14,20-23,25,28,34H,3-13,15-17H2,1-2H3,(H,38,39);1-3H2,(H,6,7). The highest BCUT2D eigenvalue weighted by Gasteiger charge is 2.63. The van der Waals surface area contributed by atoms with Gasteiger partial charge in [0.2, 0.25) is 6.10 Å². The van der Waals surface area contributed by atoms with Gasteiger partial charge in [0.25, 0.3) is 10.2 Å². The second kappa shape index (κ2) is 19.6. The van der Waals surface area contributed by atoms with Crippen LogP contribution in [-0.2, 0) is 47.9 Å². The summed E-state index contributed by atoms with van der Waals surface area (Å²) in [6.07, 6.45) is 4.35. The van der Waals surface area contributed by atoms with Crippen molar-refractivity contribution in [3.63, 3.8) is 0 Å². The van der Waals surface area contributed by atoms with Gasteiger partial charge >= 0.3 is 23.9 Å². The van der Waals surface area contributed by atoms with E-state index in [2.05, 4.69) is 16.6 Å². The maximum Gasteiger partial charge on any atom is 0.345 e. The summed E-state index contributed by atoms with van der Waals surface area (Å²) in [5.41, 5.74) is 0.439. The van der Waals surface area contributed by atoms with Gasteiger partial charge in [0, 0.05) is 25.2 Å². The number of carbonyl (C=O) groups is 6. The molecule has 4 rings (SSSR count). The average Bonchev–Trinajstić information content (AvgIpc) is 3.43. The Hall–Kier alpha value is -4.68. The largest absolute Gasteiger partial charge is 0.481 e. The Morgan fingerprint density at radius 3 is 2.20 bits per heavy atom. The molecule has 4 aliphatic carbocycles. The number of ketones is 2. The number of aliphatic hydroxyl groups excluding tert-OH is 1. The predicted octanol–water partition coefficient (Wildman–Crippen LogP) is 3.43. The first-order chi connectivity index (χ1) is 25.4. The third kappa shape index (κ3) is 11.7. The molecule has 19 nitrogen and oxygen atoms in total. The molecular weight excluding hydrogens is 720 g/mol. The summed E-state index contributed by atoms with van der Waals surface area (Å²) in [5, 5.41) is 46.7. The molecule has 0 saturated heterocycles. The van der Waals surface area contributed by atoms with Crippen molar-refractivity contribution in [1.29, 1.82) is 0 Å². The molecule has 4 aliphatic rings. The Balaban J connectivity index is 0.000000687. The Kier molecular flexibility index (Phi) is 15.9. The van der Waals surface area contributed by atoms with Gasteiger partial charge in [0.1, 0.15) is 6.61 Å². The van der Waals surface area contributed by atoms with Crippen LogP contribution >= 0.6 is 0 Å². The summed E-state index contributed by atoms with van der Waals surface area (Å²) < 4.78 is 10.1. The van der Waals surface area contributed by atoms with E-state index in [-0.39, 0.29) is 67.2 Å². The highest BCUT2D eigenvalue weighted by atomic mass is 17.0. The van der Waals surface area contributed by atoms with Gasteiger partial charge in [-0.15, -0.1) is 20.2 Å². The first-order valence-electron chi connectivity index (χ1n) is 18.2. The van der Waals surface area contributed by atoms with Gasteiger partial charge in [-0.1, -0.05) is 25.8 Å². The van der Waals surface area contributed by atoms with E-state index in [1.807, 2.05) is 6.92 Å². The van der Waals surface area contributed by atoms with Crippen molar-refractivity contribution < 1.29 is 73.4 Å². The van der Waals surface area contributed by atoms with Crippen LogP contribution in [0.2, 0.25) is 0 Å². The van der Waals surface area contributed by atoms with Gasteiger partial charge in [-0.3, -0.25) is 24.0 Å². The summed E-state index contributed by atoms with van der Waals surface area (Å²) in [5.74, 6) is -4.41. The quantitative estimate of drug-likeness (QED) is 0.0733. The number of allylic oxidation sites excluding steroid dienone is 1. The number of aliphatic carboxylic acids is 2. The highest BCUT2D eigenvalue weighted by molar-refractivity contribution is 5.91. The number of aliphatic hydroxyl groups is 1. The summed E-state index contributed by atoms with van der Waals surface area (Å²) in [6, 6.07) is 0. The van der Waals surface area contributed by atoms with E-state index in [1.54, 1.807) is 6.08 Å². The maximum atomic E-state index is 13.4. The number of carboxylic acids is 2. The van der Waals surface area contributed by atoms with Crippen LogP contribution in [0.1, 0.15) is 104 Å². The molecule has 0 heterocycles. The zero-order chi connectivity index (χ0) is 40.2. The van der Waals surface area contributed by atoms with E-state index in [1.165, 1.54) is 0 Å². The number of carboxylic acid groups (broad SMARTS) is 2. The smallest absolute Gasteiger partial charge is 0.345 e. The molecule has 302 valence electrons. The lowest BCUT2D eigenvalue weighted by Crippen LogP contribution is -2.57. The molecule has 19 heteroatoms. The first-order valence-corrected chi connectivity index (χ1v) is 18.2. The zero-order valence-electron chi connectivity index (χ0n) is 30.5. The molecule has 3 saturated carbocycles. The summed E-state index contributed by atoms with van der Waals surface area (Å²) in [6.45, 7) is 3.41. The average molecular weight is 771 g/mol. The number of hydrogen-bond donors (Lipinski definition) is 3. The van der Waals surface area contributed by atoms with Crippen molar-refractivity contribution in [1.82, 2.24) is 0 Å². The number of unbranched alkanes of at least 4 members (excludes halogenated alkanes) is 2. The molecule has 8 atom stereocenters. The van der Waals surface area contributed by atoms with Crippen LogP contribution in [0.4, 0.5) is 0 Å². The maximum absolute atomic E-state index is 13.4. The molecular formula is C35H50N2O17. The van der Waals surface area contributed by atoms with E-state index in [0.717, 1.165) is 31.3 Å². The van der Waals surface area contributed by atoms with E-state index in [9.17, 15) is 59.2 Å². The van der Waals surface area contributed by atoms with E-state index < -0.39 is 70.6 Å². The Labute approximate surface area is 310 Å². The molecule has 0 aromatic carbocycles. The van der Waals surface area contributed by atoms with Crippen LogP contribution < -0.4 is 0 Å². The first kappa shape index (κ1) is 43.7. The topological polar surface area (TPSA) is 286 Å². The fourth-order valence-electron chi connectivity index (χ4n) is 9.13. The zero-order valence-corrected chi connectivity index (χ0v) is 30.5. The lowest BCUT2D eigenvalue weighted by Gasteiger charge is -2.59. The third-order valence-corrected chi connectivity index (χ3v) is 11.5. The molecule has 54 heavy (non-hydrogen) atoms. The summed E-state index contributed by atoms with van der Waals surface area (Å²) in [4.78, 5) is 99.1. The molecule has 0 amide bonds. The van der Waals surface area contributed by atoms with Gasteiger partial charge in [-0.05, 0) is 92.4 Å². The number of fused-ring (bicyclic) bond motifs is 5. The Morgan fingerprint density at radius 2 is 1.57 bits per heavy atom. The number of hydrogen-bond acceptors (Lipinski definition) is 15. The van der Waals surface area contributed by atoms with Crippen LogP contribution in [-0.4, -0.2) is 93.0 Å². The van der Waals surface area contributed by atoms with Gasteiger partial charge in [-0.2, -0.15) is 0 Å². The fraction of sp³-hybridized carbons (Fsp3) is 0.771. The summed E-state index contributed by atoms with van der Waals surface area (Å²) in [7, 11) is 0. The lowest BCUT2D eigenvalue weighted by atomic mass is 9.46. The Morgan fingerprint density at radius 1 is 0.907 bits per heavy atom. The SMILES string of the molecule is CC12CCC(=O)C=C1CCC1C2C(O)CC2(C)C(C(=O)COC(=O)CC(OC(=O)CCCCCO[N+](=O)[O-])C(=O)O)CCC12.O=C(O)CCCO[N+](=O)[O-]. The van der Waals surface area contributed by atoms with Crippen LogP contribution in [0.15, 0.2) is 11.6 Å². The van der Waals surface area contributed by atoms with Gasteiger partial charge in [-0.25, -0.2) is 4.79 Å². The molecule has 3 fully saturated rings. The van der Waals surface area contributed by atoms with Gasteiger partial charge in [0.15, 0.2) is 11.6 Å². The number of nitrogens with zero attached hydrogens (tertiary/aromatic N) is 2. The van der Waals surface area contributed by atoms with Crippen molar-refractivity contribution in [3.05, 3.63) is 31.9 Å². The number of rotatable bonds is 19. The van der Waals surface area contributed by atoms with Crippen molar-refractivity contribution in [2.45, 2.75) is 116 Å². The molecule has 0 spiro atoms. The van der Waals surface area contributed by atoms with E-state index >= 15 is 0 Å². The third-order valence-electron chi connectivity index (χ3n) is 11.5. The molecule has 0 radical (unpaired) electrons. The molecule has 0 aromatic rings. The second-order valence-corrected chi connectivity index (χ2v) is 14.9. The molecule has 3 N–H and O–H groups in total. The number of ether oxygens (including phenoxy) is 2. The van der Waals surface area contributed by atoms with Crippen LogP contribution in [0.3, 0.4) is 0 Å². The summed E-state index contributed by atoms with van der Waals surface area (Å²) >= 11 is 0. The van der Waals surface area contributed by atoms with Crippen molar-refractivity contribution >= 4 is 35.4 Å². The van der Waals surface area contributed by atoms with Crippen molar-refractivity contribution in [3.8, 4) is 0 Å². The van der Waals surface area contributed by atoms with Crippen LogP contribution in [0.25, 0.3) is 0 Å². The van der Waals surface area contributed by atoms with Gasteiger partial charge < -0.3 is 34.5 Å². The monoisotopic (exact) mass is 770 g/mol. The van der Waals surface area contributed by atoms with E-state index in [0.29, 0.717) is 38.5 Å². The predicted molar refractivity (Wildman–Crippen MR) is 181 cm³/mol. The number of esters is 2.